The van der Waals surface area contributed by atoms with Gasteiger partial charge >= 0.3 is 0 Å². The second-order valence-corrected chi connectivity index (χ2v) is 3.69. The lowest BCUT2D eigenvalue weighted by Gasteiger charge is -2.33. The number of hydrogen-bond acceptors (Lipinski definition) is 2. The maximum Gasteiger partial charge on any atom is 0.142 e. The van der Waals surface area contributed by atoms with Gasteiger partial charge in [0.25, 0.3) is 0 Å². The third kappa shape index (κ3) is 2.48. The molecule has 0 aromatic carbocycles. The van der Waals surface area contributed by atoms with Crippen molar-refractivity contribution in [1.29, 1.82) is 0 Å². The zero-order chi connectivity index (χ0) is 10.6. The molecule has 0 aromatic heterocycles. The fourth-order valence-electron chi connectivity index (χ4n) is 1.41. The number of rotatable bonds is 2. The molecule has 1 aliphatic rings. The van der Waals surface area contributed by atoms with E-state index in [1.54, 1.807) is 6.08 Å². The van der Waals surface area contributed by atoms with Crippen LogP contribution in [0.4, 0.5) is 0 Å². The standard InChI is InChI=1S/C12H19NO/c1-5-7-12-11(6-2)8-13(9-14-12)10(3)4/h5-7,10H,1,8-9H2,2-4H3/b11-6-,12-7+. The molecule has 14 heavy (non-hydrogen) atoms. The highest BCUT2D eigenvalue weighted by Gasteiger charge is 2.20. The molecule has 0 unspecified atom stereocenters. The van der Waals surface area contributed by atoms with Gasteiger partial charge in [0, 0.05) is 18.2 Å². The lowest BCUT2D eigenvalue weighted by atomic mass is 10.1. The second kappa shape index (κ2) is 5.01. The van der Waals surface area contributed by atoms with Crippen molar-refractivity contribution >= 4 is 0 Å². The summed E-state index contributed by atoms with van der Waals surface area (Å²) in [5.41, 5.74) is 1.24. The van der Waals surface area contributed by atoms with E-state index >= 15 is 0 Å². The van der Waals surface area contributed by atoms with Crippen molar-refractivity contribution in [2.24, 2.45) is 0 Å². The summed E-state index contributed by atoms with van der Waals surface area (Å²) in [6.45, 7) is 11.7. The first-order valence-corrected chi connectivity index (χ1v) is 5.04. The largest absolute Gasteiger partial charge is 0.478 e. The Morgan fingerprint density at radius 3 is 2.71 bits per heavy atom. The Kier molecular flexibility index (Phi) is 3.96. The van der Waals surface area contributed by atoms with Crippen molar-refractivity contribution in [2.45, 2.75) is 26.8 Å². The Balaban J connectivity index is 2.74. The van der Waals surface area contributed by atoms with Gasteiger partial charge in [-0.15, -0.1) is 0 Å². The third-order valence-corrected chi connectivity index (χ3v) is 2.42. The SMILES string of the molecule is C=C/C=C1/OCN(C(C)C)C/C1=C/C. The summed E-state index contributed by atoms with van der Waals surface area (Å²) in [6.07, 6.45) is 5.79. The zero-order valence-corrected chi connectivity index (χ0v) is 9.29. The van der Waals surface area contributed by atoms with Gasteiger partial charge in [-0.1, -0.05) is 18.7 Å². The van der Waals surface area contributed by atoms with Crippen LogP contribution in [0.5, 0.6) is 0 Å². The van der Waals surface area contributed by atoms with E-state index in [2.05, 4.69) is 31.4 Å². The molecule has 0 spiro atoms. The van der Waals surface area contributed by atoms with Crippen LogP contribution in [0.25, 0.3) is 0 Å². The van der Waals surface area contributed by atoms with Crippen LogP contribution >= 0.6 is 0 Å². The molecule has 1 aliphatic heterocycles. The normalized spacial score (nSPS) is 24.3. The van der Waals surface area contributed by atoms with Crippen molar-refractivity contribution in [3.05, 3.63) is 36.1 Å². The molecule has 0 radical (unpaired) electrons. The first kappa shape index (κ1) is 11.1. The van der Waals surface area contributed by atoms with Crippen LogP contribution in [0.2, 0.25) is 0 Å². The Bertz CT molecular complexity index is 263. The van der Waals surface area contributed by atoms with Crippen LogP contribution in [0.15, 0.2) is 36.1 Å². The topological polar surface area (TPSA) is 12.5 Å². The molecule has 0 aromatic rings. The summed E-state index contributed by atoms with van der Waals surface area (Å²) in [4.78, 5) is 2.29. The minimum Gasteiger partial charge on any atom is -0.478 e. The first-order valence-electron chi connectivity index (χ1n) is 5.04. The number of hydrogen-bond donors (Lipinski definition) is 0. The molecule has 0 aliphatic carbocycles. The summed E-state index contributed by atoms with van der Waals surface area (Å²) in [5, 5.41) is 0. The van der Waals surface area contributed by atoms with Gasteiger partial charge in [-0.3, -0.25) is 4.90 Å². The van der Waals surface area contributed by atoms with E-state index in [-0.39, 0.29) is 0 Å². The van der Waals surface area contributed by atoms with E-state index in [4.69, 9.17) is 4.74 Å². The monoisotopic (exact) mass is 193 g/mol. The van der Waals surface area contributed by atoms with Gasteiger partial charge in [-0.2, -0.15) is 0 Å². The lowest BCUT2D eigenvalue weighted by Crippen LogP contribution is -2.38. The molecule has 78 valence electrons. The van der Waals surface area contributed by atoms with Crippen LogP contribution in [0.1, 0.15) is 20.8 Å². The Morgan fingerprint density at radius 2 is 2.21 bits per heavy atom. The third-order valence-electron chi connectivity index (χ3n) is 2.42. The van der Waals surface area contributed by atoms with Gasteiger partial charge < -0.3 is 4.74 Å². The summed E-state index contributed by atoms with van der Waals surface area (Å²) < 4.78 is 5.64. The molecule has 1 fully saturated rings. The Morgan fingerprint density at radius 1 is 1.50 bits per heavy atom. The highest BCUT2D eigenvalue weighted by molar-refractivity contribution is 5.30. The van der Waals surface area contributed by atoms with Gasteiger partial charge in [-0.25, -0.2) is 0 Å². The molecule has 2 heteroatoms. The van der Waals surface area contributed by atoms with Crippen LogP contribution < -0.4 is 0 Å². The molecule has 0 N–H and O–H groups in total. The van der Waals surface area contributed by atoms with Crippen molar-refractivity contribution in [2.75, 3.05) is 13.3 Å². The summed E-state index contributed by atoms with van der Waals surface area (Å²) in [7, 11) is 0. The van der Waals surface area contributed by atoms with Crippen LogP contribution in [-0.4, -0.2) is 24.2 Å². The Labute approximate surface area is 86.6 Å². The van der Waals surface area contributed by atoms with Crippen LogP contribution in [-0.2, 0) is 4.74 Å². The molecule has 1 rings (SSSR count). The smallest absolute Gasteiger partial charge is 0.142 e. The van der Waals surface area contributed by atoms with Crippen molar-refractivity contribution in [1.82, 2.24) is 4.90 Å². The van der Waals surface area contributed by atoms with Gasteiger partial charge in [0.15, 0.2) is 0 Å². The minimum absolute atomic E-state index is 0.523. The van der Waals surface area contributed by atoms with E-state index in [1.807, 2.05) is 13.0 Å². The van der Waals surface area contributed by atoms with Crippen LogP contribution in [0.3, 0.4) is 0 Å². The first-order chi connectivity index (χ1) is 6.69. The lowest BCUT2D eigenvalue weighted by molar-refractivity contribution is 0.0366. The zero-order valence-electron chi connectivity index (χ0n) is 9.29. The maximum absolute atomic E-state index is 5.64. The molecular formula is C12H19NO. The van der Waals surface area contributed by atoms with Crippen LogP contribution in [0, 0.1) is 0 Å². The highest BCUT2D eigenvalue weighted by atomic mass is 16.5. The number of allylic oxidation sites excluding steroid dienone is 3. The molecule has 2 nitrogen and oxygen atoms in total. The average molecular weight is 193 g/mol. The summed E-state index contributed by atoms with van der Waals surface area (Å²) in [5.74, 6) is 0.958. The highest BCUT2D eigenvalue weighted by Crippen LogP contribution is 2.20. The van der Waals surface area contributed by atoms with Gasteiger partial charge in [0.05, 0.1) is 0 Å². The number of ether oxygens (including phenoxy) is 1. The van der Waals surface area contributed by atoms with Gasteiger partial charge in [0.1, 0.15) is 12.5 Å². The molecule has 1 heterocycles. The molecule has 0 amide bonds. The fourth-order valence-corrected chi connectivity index (χ4v) is 1.41. The Hall–Kier alpha value is -1.02. The maximum atomic E-state index is 5.64. The molecule has 1 saturated heterocycles. The van der Waals surface area contributed by atoms with Crippen molar-refractivity contribution in [3.63, 3.8) is 0 Å². The van der Waals surface area contributed by atoms with E-state index in [9.17, 15) is 0 Å². The van der Waals surface area contributed by atoms with E-state index < -0.39 is 0 Å². The minimum atomic E-state index is 0.523. The van der Waals surface area contributed by atoms with Crippen molar-refractivity contribution < 1.29 is 4.74 Å². The molecular weight excluding hydrogens is 174 g/mol. The summed E-state index contributed by atoms with van der Waals surface area (Å²) in [6, 6.07) is 0.523. The van der Waals surface area contributed by atoms with E-state index in [0.717, 1.165) is 12.3 Å². The second-order valence-electron chi connectivity index (χ2n) is 3.69. The molecule has 0 atom stereocenters. The van der Waals surface area contributed by atoms with Gasteiger partial charge in [0.2, 0.25) is 0 Å². The fraction of sp³-hybridized carbons (Fsp3) is 0.500. The average Bonchev–Trinajstić information content (AvgIpc) is 2.18. The van der Waals surface area contributed by atoms with Gasteiger partial charge in [-0.05, 0) is 26.8 Å². The number of nitrogens with zero attached hydrogens (tertiary/aromatic N) is 1. The predicted octanol–water partition coefficient (Wildman–Crippen LogP) is 2.70. The molecule has 0 bridgehead atoms. The quantitative estimate of drug-likeness (QED) is 0.668. The van der Waals surface area contributed by atoms with Crippen molar-refractivity contribution in [3.8, 4) is 0 Å². The van der Waals surface area contributed by atoms with E-state index in [1.165, 1.54) is 5.57 Å². The molecule has 0 saturated carbocycles. The van der Waals surface area contributed by atoms with E-state index in [0.29, 0.717) is 12.8 Å². The predicted molar refractivity (Wildman–Crippen MR) is 59.8 cm³/mol. The summed E-state index contributed by atoms with van der Waals surface area (Å²) >= 11 is 0.